The van der Waals surface area contributed by atoms with Crippen LogP contribution in [0.25, 0.3) is 0 Å². The molecule has 0 amide bonds. The molecule has 74 valence electrons. The van der Waals surface area contributed by atoms with Gasteiger partial charge in [0, 0.05) is 12.2 Å². The van der Waals surface area contributed by atoms with E-state index in [9.17, 15) is 0 Å². The molecule has 3 heterocycles. The first-order chi connectivity index (χ1) is 6.84. The number of fused-ring (bicyclic) bond motifs is 1. The van der Waals surface area contributed by atoms with Gasteiger partial charge in [0.05, 0.1) is 0 Å². The summed E-state index contributed by atoms with van der Waals surface area (Å²) in [4.78, 5) is 6.80. The van der Waals surface area contributed by atoms with E-state index in [4.69, 9.17) is 4.74 Å². The standard InChI is InChI=1S/C11H14N2O/c1-8-4-2-6-10(12-8)13-7-3-5-9-11(13)14-9/h2,4,6,9,11H,3,5,7H2,1H3. The maximum atomic E-state index is 5.57. The SMILES string of the molecule is Cc1cccc(N2CCCC3OC32)n1. The van der Waals surface area contributed by atoms with Crippen LogP contribution in [-0.2, 0) is 4.74 Å². The van der Waals surface area contributed by atoms with Gasteiger partial charge in [0.25, 0.3) is 0 Å². The minimum Gasteiger partial charge on any atom is -0.348 e. The summed E-state index contributed by atoms with van der Waals surface area (Å²) in [5.74, 6) is 1.07. The van der Waals surface area contributed by atoms with Crippen LogP contribution in [0.5, 0.6) is 0 Å². The molecule has 0 saturated carbocycles. The first-order valence-electron chi connectivity index (χ1n) is 5.20. The summed E-state index contributed by atoms with van der Waals surface area (Å²) in [6, 6.07) is 6.15. The molecule has 2 aliphatic rings. The van der Waals surface area contributed by atoms with E-state index >= 15 is 0 Å². The first kappa shape index (κ1) is 8.24. The van der Waals surface area contributed by atoms with Crippen molar-refractivity contribution in [2.45, 2.75) is 32.1 Å². The van der Waals surface area contributed by atoms with Crippen molar-refractivity contribution in [3.05, 3.63) is 23.9 Å². The zero-order valence-corrected chi connectivity index (χ0v) is 8.31. The number of aryl methyl sites for hydroxylation is 1. The van der Waals surface area contributed by atoms with Crippen molar-refractivity contribution in [3.63, 3.8) is 0 Å². The fourth-order valence-corrected chi connectivity index (χ4v) is 2.14. The van der Waals surface area contributed by atoms with E-state index < -0.39 is 0 Å². The summed E-state index contributed by atoms with van der Waals surface area (Å²) in [6.45, 7) is 3.11. The lowest BCUT2D eigenvalue weighted by Crippen LogP contribution is -2.33. The Kier molecular flexibility index (Phi) is 1.74. The van der Waals surface area contributed by atoms with Crippen molar-refractivity contribution in [1.82, 2.24) is 4.98 Å². The highest BCUT2D eigenvalue weighted by Crippen LogP contribution is 2.36. The number of ether oxygens (including phenoxy) is 1. The maximum Gasteiger partial charge on any atom is 0.158 e. The van der Waals surface area contributed by atoms with Crippen LogP contribution >= 0.6 is 0 Å². The monoisotopic (exact) mass is 190 g/mol. The number of piperidine rings is 1. The van der Waals surface area contributed by atoms with Crippen LogP contribution in [0.1, 0.15) is 18.5 Å². The third-order valence-electron chi connectivity index (χ3n) is 2.92. The molecule has 0 radical (unpaired) electrons. The molecule has 0 spiro atoms. The second-order valence-electron chi connectivity index (χ2n) is 4.04. The number of rotatable bonds is 1. The first-order valence-corrected chi connectivity index (χ1v) is 5.20. The van der Waals surface area contributed by atoms with Gasteiger partial charge in [-0.1, -0.05) is 6.07 Å². The van der Waals surface area contributed by atoms with Gasteiger partial charge in [-0.05, 0) is 31.9 Å². The molecule has 0 N–H and O–H groups in total. The molecule has 2 aliphatic heterocycles. The van der Waals surface area contributed by atoms with Gasteiger partial charge in [-0.2, -0.15) is 0 Å². The minimum atomic E-state index is 0.318. The summed E-state index contributed by atoms with van der Waals surface area (Å²) in [7, 11) is 0. The average molecular weight is 190 g/mol. The molecule has 3 heteroatoms. The van der Waals surface area contributed by atoms with Crippen LogP contribution in [0, 0.1) is 6.92 Å². The summed E-state index contributed by atoms with van der Waals surface area (Å²) in [5.41, 5.74) is 1.07. The molecule has 1 aromatic heterocycles. The van der Waals surface area contributed by atoms with Crippen LogP contribution < -0.4 is 4.90 Å². The molecule has 0 aliphatic carbocycles. The predicted molar refractivity (Wildman–Crippen MR) is 54.2 cm³/mol. The molecule has 1 aromatic rings. The second kappa shape index (κ2) is 2.95. The van der Waals surface area contributed by atoms with Crippen LogP contribution in [0.2, 0.25) is 0 Å². The lowest BCUT2D eigenvalue weighted by Gasteiger charge is -2.24. The lowest BCUT2D eigenvalue weighted by molar-refractivity contribution is 0.373. The fraction of sp³-hybridized carbons (Fsp3) is 0.545. The Morgan fingerprint density at radius 3 is 3.29 bits per heavy atom. The maximum absolute atomic E-state index is 5.57. The van der Waals surface area contributed by atoms with Crippen molar-refractivity contribution in [2.24, 2.45) is 0 Å². The van der Waals surface area contributed by atoms with Crippen molar-refractivity contribution in [2.75, 3.05) is 11.4 Å². The largest absolute Gasteiger partial charge is 0.348 e. The predicted octanol–water partition coefficient (Wildman–Crippen LogP) is 1.72. The Morgan fingerprint density at radius 2 is 2.43 bits per heavy atom. The molecule has 0 bridgehead atoms. The van der Waals surface area contributed by atoms with Gasteiger partial charge in [-0.3, -0.25) is 0 Å². The zero-order chi connectivity index (χ0) is 9.54. The molecule has 3 rings (SSSR count). The molecule has 2 unspecified atom stereocenters. The van der Waals surface area contributed by atoms with Gasteiger partial charge < -0.3 is 9.64 Å². The summed E-state index contributed by atoms with van der Waals surface area (Å²) in [5, 5.41) is 0. The van der Waals surface area contributed by atoms with E-state index in [2.05, 4.69) is 22.0 Å². The Labute approximate surface area is 83.7 Å². The summed E-state index contributed by atoms with van der Waals surface area (Å²) in [6.07, 6.45) is 3.23. The molecule has 2 atom stereocenters. The van der Waals surface area contributed by atoms with Crippen LogP contribution in [0.3, 0.4) is 0 Å². The molecule has 2 fully saturated rings. The van der Waals surface area contributed by atoms with E-state index in [1.165, 1.54) is 12.8 Å². The second-order valence-corrected chi connectivity index (χ2v) is 4.04. The Morgan fingerprint density at radius 1 is 1.50 bits per heavy atom. The van der Waals surface area contributed by atoms with Gasteiger partial charge in [0.1, 0.15) is 11.9 Å². The fourth-order valence-electron chi connectivity index (χ4n) is 2.14. The van der Waals surface area contributed by atoms with Crippen LogP contribution in [0.15, 0.2) is 18.2 Å². The Balaban J connectivity index is 1.87. The molecule has 2 saturated heterocycles. The molecular weight excluding hydrogens is 176 g/mol. The summed E-state index contributed by atoms with van der Waals surface area (Å²) < 4.78 is 5.57. The highest BCUT2D eigenvalue weighted by Gasteiger charge is 2.46. The molecular formula is C11H14N2O. The number of anilines is 1. The van der Waals surface area contributed by atoms with Gasteiger partial charge >= 0.3 is 0 Å². The number of hydrogen-bond donors (Lipinski definition) is 0. The Hall–Kier alpha value is -1.09. The van der Waals surface area contributed by atoms with Crippen molar-refractivity contribution in [3.8, 4) is 0 Å². The van der Waals surface area contributed by atoms with Crippen molar-refractivity contribution < 1.29 is 4.74 Å². The number of hydrogen-bond acceptors (Lipinski definition) is 3. The number of epoxide rings is 1. The molecule has 3 nitrogen and oxygen atoms in total. The number of nitrogens with zero attached hydrogens (tertiary/aromatic N) is 2. The normalized spacial score (nSPS) is 29.9. The highest BCUT2D eigenvalue weighted by atomic mass is 16.6. The van der Waals surface area contributed by atoms with Crippen LogP contribution in [-0.4, -0.2) is 23.9 Å². The third-order valence-corrected chi connectivity index (χ3v) is 2.92. The van der Waals surface area contributed by atoms with Crippen molar-refractivity contribution >= 4 is 5.82 Å². The van der Waals surface area contributed by atoms with E-state index in [-0.39, 0.29) is 0 Å². The van der Waals surface area contributed by atoms with Crippen molar-refractivity contribution in [1.29, 1.82) is 0 Å². The van der Waals surface area contributed by atoms with Crippen LogP contribution in [0.4, 0.5) is 5.82 Å². The molecule has 0 aromatic carbocycles. The van der Waals surface area contributed by atoms with E-state index in [1.807, 2.05) is 13.0 Å². The van der Waals surface area contributed by atoms with E-state index in [0.717, 1.165) is 18.1 Å². The zero-order valence-electron chi connectivity index (χ0n) is 8.31. The molecule has 14 heavy (non-hydrogen) atoms. The van der Waals surface area contributed by atoms with E-state index in [0.29, 0.717) is 12.3 Å². The summed E-state index contributed by atoms with van der Waals surface area (Å²) >= 11 is 0. The quantitative estimate of drug-likeness (QED) is 0.631. The minimum absolute atomic E-state index is 0.318. The Bertz CT molecular complexity index is 353. The van der Waals surface area contributed by atoms with Gasteiger partial charge in [-0.15, -0.1) is 0 Å². The van der Waals surface area contributed by atoms with Gasteiger partial charge in [0.2, 0.25) is 0 Å². The number of aromatic nitrogens is 1. The lowest BCUT2D eigenvalue weighted by atomic mass is 10.1. The smallest absolute Gasteiger partial charge is 0.158 e. The topological polar surface area (TPSA) is 28.7 Å². The highest BCUT2D eigenvalue weighted by molar-refractivity contribution is 5.42. The third kappa shape index (κ3) is 1.28. The van der Waals surface area contributed by atoms with Gasteiger partial charge in [-0.25, -0.2) is 4.98 Å². The average Bonchev–Trinajstić information content (AvgIpc) is 2.95. The number of pyridine rings is 1. The van der Waals surface area contributed by atoms with Gasteiger partial charge in [0.15, 0.2) is 6.23 Å². The van der Waals surface area contributed by atoms with E-state index in [1.54, 1.807) is 0 Å².